The molecule has 7 nitrogen and oxygen atoms in total. The van der Waals surface area contributed by atoms with Crippen molar-refractivity contribution in [1.29, 1.82) is 0 Å². The molecule has 2 aromatic carbocycles. The van der Waals surface area contributed by atoms with Crippen molar-refractivity contribution < 1.29 is 19.2 Å². The number of fused-ring (bicyclic) bond motifs is 1. The topological polar surface area (TPSA) is 78.0 Å². The number of imide groups is 1. The van der Waals surface area contributed by atoms with Gasteiger partial charge in [-0.2, -0.15) is 0 Å². The number of rotatable bonds is 5. The van der Waals surface area contributed by atoms with Gasteiger partial charge in [0.25, 0.3) is 11.8 Å². The van der Waals surface area contributed by atoms with Crippen LogP contribution in [0.4, 0.5) is 5.69 Å². The quantitative estimate of drug-likeness (QED) is 0.680. The van der Waals surface area contributed by atoms with Crippen LogP contribution in [0.2, 0.25) is 0 Å². The van der Waals surface area contributed by atoms with Gasteiger partial charge in [0.2, 0.25) is 11.8 Å². The minimum atomic E-state index is -0.489. The van der Waals surface area contributed by atoms with Gasteiger partial charge in [-0.15, -0.1) is 0 Å². The number of hydrogen-bond donors (Lipinski definition) is 0. The lowest BCUT2D eigenvalue weighted by Crippen LogP contribution is -2.50. The maximum absolute atomic E-state index is 13.3. The Morgan fingerprint density at radius 3 is 1.97 bits per heavy atom. The molecule has 0 spiro atoms. The molecule has 0 aromatic heterocycles. The molecule has 166 valence electrons. The monoisotopic (exact) mass is 433 g/mol. The molecule has 0 N–H and O–H groups in total. The van der Waals surface area contributed by atoms with Crippen LogP contribution in [0.3, 0.4) is 0 Å². The first-order valence-electron chi connectivity index (χ1n) is 10.9. The molecule has 2 aliphatic heterocycles. The number of carbonyl (C=O) groups excluding carboxylic acids is 4. The molecule has 2 heterocycles. The van der Waals surface area contributed by atoms with E-state index in [9.17, 15) is 19.2 Å². The number of amides is 4. The molecule has 32 heavy (non-hydrogen) atoms. The molecule has 2 aromatic rings. The average molecular weight is 434 g/mol. The summed E-state index contributed by atoms with van der Waals surface area (Å²) in [6, 6.07) is 15.4. The van der Waals surface area contributed by atoms with Gasteiger partial charge in [-0.25, -0.2) is 0 Å². The van der Waals surface area contributed by atoms with Crippen LogP contribution in [0.5, 0.6) is 0 Å². The first-order valence-corrected chi connectivity index (χ1v) is 10.9. The molecular weight excluding hydrogens is 406 g/mol. The summed E-state index contributed by atoms with van der Waals surface area (Å²) >= 11 is 0. The summed E-state index contributed by atoms with van der Waals surface area (Å²) in [6.45, 7) is 5.03. The summed E-state index contributed by atoms with van der Waals surface area (Å²) in [5.74, 6) is -0.780. The summed E-state index contributed by atoms with van der Waals surface area (Å²) in [4.78, 5) is 55.9. The highest BCUT2D eigenvalue weighted by molar-refractivity contribution is 6.22. The number of nitrogens with zero attached hydrogens (tertiary/aromatic N) is 3. The van der Waals surface area contributed by atoms with Crippen molar-refractivity contribution in [2.24, 2.45) is 11.8 Å². The Kier molecular flexibility index (Phi) is 6.08. The van der Waals surface area contributed by atoms with Crippen molar-refractivity contribution >= 4 is 29.3 Å². The van der Waals surface area contributed by atoms with Crippen LogP contribution in [0.1, 0.15) is 41.0 Å². The van der Waals surface area contributed by atoms with Gasteiger partial charge in [-0.3, -0.25) is 24.1 Å². The van der Waals surface area contributed by atoms with E-state index in [1.165, 1.54) is 4.90 Å². The number of hydrogen-bond acceptors (Lipinski definition) is 4. The number of benzene rings is 2. The van der Waals surface area contributed by atoms with Crippen molar-refractivity contribution in [3.63, 3.8) is 0 Å². The molecule has 0 aliphatic carbocycles. The molecule has 2 aliphatic rings. The molecule has 4 rings (SSSR count). The molecular formula is C25H27N3O4. The van der Waals surface area contributed by atoms with E-state index in [2.05, 4.69) is 13.8 Å². The number of piperidine rings is 1. The fourth-order valence-electron chi connectivity index (χ4n) is 4.64. The Hall–Kier alpha value is -3.48. The van der Waals surface area contributed by atoms with E-state index in [1.54, 1.807) is 48.5 Å². The largest absolute Gasteiger partial charge is 0.341 e. The van der Waals surface area contributed by atoms with Gasteiger partial charge in [0.15, 0.2) is 0 Å². The van der Waals surface area contributed by atoms with E-state index in [0.29, 0.717) is 41.7 Å². The first-order chi connectivity index (χ1) is 15.3. The fraction of sp³-hybridized carbons (Fsp3) is 0.360. The van der Waals surface area contributed by atoms with Crippen molar-refractivity contribution in [3.8, 4) is 0 Å². The maximum atomic E-state index is 13.3. The number of carbonyl (C=O) groups is 4. The minimum Gasteiger partial charge on any atom is -0.341 e. The summed E-state index contributed by atoms with van der Waals surface area (Å²) in [5, 5.41) is 0. The van der Waals surface area contributed by atoms with Crippen molar-refractivity contribution in [2.75, 3.05) is 31.1 Å². The van der Waals surface area contributed by atoms with Gasteiger partial charge < -0.3 is 9.80 Å². The molecule has 0 saturated carbocycles. The lowest BCUT2D eigenvalue weighted by molar-refractivity contribution is -0.133. The zero-order valence-electron chi connectivity index (χ0n) is 18.4. The van der Waals surface area contributed by atoms with Crippen LogP contribution in [0, 0.1) is 11.8 Å². The van der Waals surface area contributed by atoms with Crippen molar-refractivity contribution in [3.05, 3.63) is 65.7 Å². The zero-order chi connectivity index (χ0) is 22.8. The second kappa shape index (κ2) is 8.94. The van der Waals surface area contributed by atoms with E-state index < -0.39 is 24.3 Å². The summed E-state index contributed by atoms with van der Waals surface area (Å²) in [5.41, 5.74) is 1.15. The second-order valence-corrected chi connectivity index (χ2v) is 8.80. The molecule has 0 bridgehead atoms. The third-order valence-corrected chi connectivity index (χ3v) is 6.06. The van der Waals surface area contributed by atoms with Crippen LogP contribution in [0.15, 0.2) is 54.6 Å². The second-order valence-electron chi connectivity index (χ2n) is 8.80. The molecule has 4 amide bonds. The Labute approximate surface area is 187 Å². The van der Waals surface area contributed by atoms with Gasteiger partial charge in [0.1, 0.15) is 13.1 Å². The lowest BCUT2D eigenvalue weighted by Gasteiger charge is -2.36. The first kappa shape index (κ1) is 21.7. The standard InChI is InChI=1S/C25H27N3O4/c1-17-12-18(2)14-26(13-17)22(29)15-27(19-8-4-3-5-9-19)23(30)16-28-24(31)20-10-6-7-11-21(20)25(28)32/h3-11,17-18H,12-16H2,1-2H3. The third-order valence-electron chi connectivity index (χ3n) is 6.06. The Bertz CT molecular complexity index is 1010. The molecule has 7 heteroatoms. The van der Waals surface area contributed by atoms with Gasteiger partial charge in [0, 0.05) is 18.8 Å². The predicted octanol–water partition coefficient (Wildman–Crippen LogP) is 2.82. The molecule has 1 fully saturated rings. The lowest BCUT2D eigenvalue weighted by atomic mass is 9.92. The number of anilines is 1. The zero-order valence-corrected chi connectivity index (χ0v) is 18.4. The van der Waals surface area contributed by atoms with E-state index in [0.717, 1.165) is 11.3 Å². The van der Waals surface area contributed by atoms with E-state index in [4.69, 9.17) is 0 Å². The van der Waals surface area contributed by atoms with E-state index in [-0.39, 0.29) is 12.5 Å². The highest BCUT2D eigenvalue weighted by atomic mass is 16.2. The smallest absolute Gasteiger partial charge is 0.262 e. The molecule has 2 unspecified atom stereocenters. The van der Waals surface area contributed by atoms with Gasteiger partial charge >= 0.3 is 0 Å². The Balaban J connectivity index is 1.54. The van der Waals surface area contributed by atoms with E-state index >= 15 is 0 Å². The molecule has 1 saturated heterocycles. The maximum Gasteiger partial charge on any atom is 0.262 e. The van der Waals surface area contributed by atoms with Crippen molar-refractivity contribution in [1.82, 2.24) is 9.80 Å². The summed E-state index contributed by atoms with van der Waals surface area (Å²) in [7, 11) is 0. The Morgan fingerprint density at radius 1 is 0.875 bits per heavy atom. The van der Waals surface area contributed by atoms with Crippen LogP contribution in [-0.2, 0) is 9.59 Å². The Morgan fingerprint density at radius 2 is 1.41 bits per heavy atom. The average Bonchev–Trinajstić information content (AvgIpc) is 3.02. The predicted molar refractivity (Wildman–Crippen MR) is 120 cm³/mol. The minimum absolute atomic E-state index is 0.133. The number of likely N-dealkylation sites (tertiary alicyclic amines) is 1. The summed E-state index contributed by atoms with van der Waals surface area (Å²) < 4.78 is 0. The van der Waals surface area contributed by atoms with Gasteiger partial charge in [-0.05, 0) is 42.5 Å². The third kappa shape index (κ3) is 4.28. The van der Waals surface area contributed by atoms with Gasteiger partial charge in [-0.1, -0.05) is 44.2 Å². The van der Waals surface area contributed by atoms with Crippen LogP contribution in [0.25, 0.3) is 0 Å². The molecule has 0 radical (unpaired) electrons. The van der Waals surface area contributed by atoms with E-state index in [1.807, 2.05) is 11.0 Å². The summed E-state index contributed by atoms with van der Waals surface area (Å²) in [6.07, 6.45) is 1.07. The highest BCUT2D eigenvalue weighted by Crippen LogP contribution is 2.24. The fourth-order valence-corrected chi connectivity index (χ4v) is 4.64. The number of para-hydroxylation sites is 1. The molecule has 2 atom stereocenters. The van der Waals surface area contributed by atoms with Crippen LogP contribution >= 0.6 is 0 Å². The highest BCUT2D eigenvalue weighted by Gasteiger charge is 2.38. The SMILES string of the molecule is CC1CC(C)CN(C(=O)CN(C(=O)CN2C(=O)c3ccccc3C2=O)c2ccccc2)C1. The van der Waals surface area contributed by atoms with Crippen molar-refractivity contribution in [2.45, 2.75) is 20.3 Å². The van der Waals surface area contributed by atoms with Crippen LogP contribution in [-0.4, -0.2) is 59.6 Å². The van der Waals surface area contributed by atoms with Crippen LogP contribution < -0.4 is 4.90 Å². The normalized spacial score (nSPS) is 20.3. The van der Waals surface area contributed by atoms with Gasteiger partial charge in [0.05, 0.1) is 11.1 Å².